The lowest BCUT2D eigenvalue weighted by molar-refractivity contribution is 0.830. The van der Waals surface area contributed by atoms with Gasteiger partial charge in [0.25, 0.3) is 0 Å². The highest BCUT2D eigenvalue weighted by Gasteiger charge is 2.08. The molecule has 0 bridgehead atoms. The fraction of sp³-hybridized carbons (Fsp3) is 0.118. The molecule has 3 nitrogen and oxygen atoms in total. The zero-order valence-electron chi connectivity index (χ0n) is 11.4. The molecule has 2 N–H and O–H groups in total. The molecule has 0 saturated carbocycles. The van der Waals surface area contributed by atoms with E-state index in [1.165, 1.54) is 5.39 Å². The summed E-state index contributed by atoms with van der Waals surface area (Å²) in [7, 11) is 0. The number of nitrogens with two attached hydrogens (primary N) is 1. The van der Waals surface area contributed by atoms with E-state index in [0.717, 1.165) is 16.6 Å². The molecule has 0 aliphatic heterocycles. The second kappa shape index (κ2) is 5.61. The van der Waals surface area contributed by atoms with Gasteiger partial charge in [0.15, 0.2) is 0 Å². The van der Waals surface area contributed by atoms with Gasteiger partial charge in [0.05, 0.1) is 17.1 Å². The highest BCUT2D eigenvalue weighted by atomic mass is 35.5. The van der Waals surface area contributed by atoms with Gasteiger partial charge in [-0.1, -0.05) is 35.9 Å². The second-order valence-electron chi connectivity index (χ2n) is 4.92. The lowest BCUT2D eigenvalue weighted by Gasteiger charge is -2.10. The van der Waals surface area contributed by atoms with Crippen LogP contribution in [-0.4, -0.2) is 4.57 Å². The Balaban J connectivity index is 2.05. The van der Waals surface area contributed by atoms with Crippen LogP contribution in [0, 0.1) is 11.3 Å². The summed E-state index contributed by atoms with van der Waals surface area (Å²) in [5.41, 5.74) is 9.64. The summed E-state index contributed by atoms with van der Waals surface area (Å²) >= 11 is 6.26. The Kier molecular flexibility index (Phi) is 3.66. The Morgan fingerprint density at radius 2 is 2.00 bits per heavy atom. The number of hydrogen-bond donors (Lipinski definition) is 1. The first-order valence-electron chi connectivity index (χ1n) is 6.68. The van der Waals surface area contributed by atoms with Crippen molar-refractivity contribution < 1.29 is 0 Å². The van der Waals surface area contributed by atoms with E-state index in [9.17, 15) is 0 Å². The minimum atomic E-state index is 0.502. The maximum Gasteiger partial charge on any atom is 0.0992 e. The standard InChI is InChI=1S/C17H14ClN3/c18-16-8-12(9-19)4-5-15(16)11-21-7-6-13-2-1-3-14(10-20)17(13)21/h1-8H,10-11,20H2. The zero-order chi connectivity index (χ0) is 14.8. The van der Waals surface area contributed by atoms with E-state index in [1.807, 2.05) is 24.4 Å². The van der Waals surface area contributed by atoms with Crippen molar-refractivity contribution in [2.45, 2.75) is 13.1 Å². The summed E-state index contributed by atoms with van der Waals surface area (Å²) in [6.45, 7) is 1.16. The summed E-state index contributed by atoms with van der Waals surface area (Å²) in [4.78, 5) is 0. The van der Waals surface area contributed by atoms with Gasteiger partial charge < -0.3 is 10.3 Å². The van der Waals surface area contributed by atoms with Gasteiger partial charge in [-0.15, -0.1) is 0 Å². The molecule has 0 spiro atoms. The third-order valence-corrected chi connectivity index (χ3v) is 3.97. The number of para-hydroxylation sites is 1. The van der Waals surface area contributed by atoms with Gasteiger partial charge in [-0.05, 0) is 34.7 Å². The van der Waals surface area contributed by atoms with Crippen molar-refractivity contribution in [2.75, 3.05) is 0 Å². The maximum atomic E-state index is 8.89. The molecular formula is C17H14ClN3. The Hall–Kier alpha value is -2.28. The number of halogens is 1. The van der Waals surface area contributed by atoms with Gasteiger partial charge in [0, 0.05) is 24.3 Å². The van der Waals surface area contributed by atoms with Crippen molar-refractivity contribution in [3.63, 3.8) is 0 Å². The van der Waals surface area contributed by atoms with Gasteiger partial charge in [-0.25, -0.2) is 0 Å². The van der Waals surface area contributed by atoms with Crippen molar-refractivity contribution in [1.82, 2.24) is 4.57 Å². The first-order chi connectivity index (χ1) is 10.2. The summed E-state index contributed by atoms with van der Waals surface area (Å²) in [6.07, 6.45) is 2.04. The van der Waals surface area contributed by atoms with E-state index in [-0.39, 0.29) is 0 Å². The number of fused-ring (bicyclic) bond motifs is 1. The van der Waals surface area contributed by atoms with Crippen LogP contribution in [0.3, 0.4) is 0 Å². The smallest absolute Gasteiger partial charge is 0.0992 e. The molecule has 1 aromatic heterocycles. The van der Waals surface area contributed by atoms with Crippen molar-refractivity contribution in [1.29, 1.82) is 5.26 Å². The van der Waals surface area contributed by atoms with E-state index in [0.29, 0.717) is 23.7 Å². The van der Waals surface area contributed by atoms with Crippen molar-refractivity contribution in [2.24, 2.45) is 5.73 Å². The minimum Gasteiger partial charge on any atom is -0.343 e. The van der Waals surface area contributed by atoms with E-state index in [2.05, 4.69) is 22.8 Å². The lowest BCUT2D eigenvalue weighted by Crippen LogP contribution is -2.04. The molecule has 3 aromatic rings. The summed E-state index contributed by atoms with van der Waals surface area (Å²) in [5, 5.41) is 10.7. The Bertz CT molecular complexity index is 843. The number of aromatic nitrogens is 1. The molecule has 0 fully saturated rings. The average Bonchev–Trinajstić information content (AvgIpc) is 2.92. The van der Waals surface area contributed by atoms with Crippen LogP contribution in [0.5, 0.6) is 0 Å². The molecule has 0 saturated heterocycles. The fourth-order valence-corrected chi connectivity index (χ4v) is 2.81. The topological polar surface area (TPSA) is 54.7 Å². The third kappa shape index (κ3) is 2.52. The molecule has 104 valence electrons. The highest BCUT2D eigenvalue weighted by Crippen LogP contribution is 2.24. The Labute approximate surface area is 128 Å². The fourth-order valence-electron chi connectivity index (χ4n) is 2.57. The van der Waals surface area contributed by atoms with Gasteiger partial charge in [-0.2, -0.15) is 5.26 Å². The number of benzene rings is 2. The number of rotatable bonds is 3. The van der Waals surface area contributed by atoms with Crippen LogP contribution in [0.15, 0.2) is 48.7 Å². The van der Waals surface area contributed by atoms with Crippen molar-refractivity contribution in [3.8, 4) is 6.07 Å². The molecule has 0 unspecified atom stereocenters. The van der Waals surface area contributed by atoms with Gasteiger partial charge in [0.1, 0.15) is 0 Å². The maximum absolute atomic E-state index is 8.89. The molecule has 3 rings (SSSR count). The van der Waals surface area contributed by atoms with Crippen LogP contribution >= 0.6 is 11.6 Å². The van der Waals surface area contributed by atoms with E-state index < -0.39 is 0 Å². The zero-order valence-corrected chi connectivity index (χ0v) is 12.1. The number of hydrogen-bond acceptors (Lipinski definition) is 2. The lowest BCUT2D eigenvalue weighted by atomic mass is 10.1. The second-order valence-corrected chi connectivity index (χ2v) is 5.33. The van der Waals surface area contributed by atoms with Crippen molar-refractivity contribution in [3.05, 3.63) is 70.4 Å². The molecule has 1 heterocycles. The number of nitrogens with zero attached hydrogens (tertiary/aromatic N) is 2. The first kappa shape index (κ1) is 13.7. The molecule has 2 aromatic carbocycles. The predicted molar refractivity (Wildman–Crippen MR) is 85.1 cm³/mol. The molecular weight excluding hydrogens is 282 g/mol. The molecule has 4 heteroatoms. The normalized spacial score (nSPS) is 10.7. The Morgan fingerprint density at radius 3 is 2.71 bits per heavy atom. The average molecular weight is 296 g/mol. The van der Waals surface area contributed by atoms with Crippen LogP contribution in [0.1, 0.15) is 16.7 Å². The molecule has 0 atom stereocenters. The minimum absolute atomic E-state index is 0.502. The third-order valence-electron chi connectivity index (χ3n) is 3.61. The van der Waals surface area contributed by atoms with Gasteiger partial charge >= 0.3 is 0 Å². The molecule has 0 aliphatic rings. The number of nitriles is 1. The van der Waals surface area contributed by atoms with Crippen LogP contribution < -0.4 is 5.73 Å². The van der Waals surface area contributed by atoms with E-state index in [1.54, 1.807) is 12.1 Å². The first-order valence-corrected chi connectivity index (χ1v) is 7.06. The molecule has 21 heavy (non-hydrogen) atoms. The van der Waals surface area contributed by atoms with Gasteiger partial charge in [0.2, 0.25) is 0 Å². The molecule has 0 amide bonds. The van der Waals surface area contributed by atoms with Crippen molar-refractivity contribution >= 4 is 22.5 Å². The van der Waals surface area contributed by atoms with Crippen LogP contribution in [0.2, 0.25) is 5.02 Å². The summed E-state index contributed by atoms with van der Waals surface area (Å²) < 4.78 is 2.14. The van der Waals surface area contributed by atoms with Gasteiger partial charge in [-0.3, -0.25) is 0 Å². The predicted octanol–water partition coefficient (Wildman–Crippen LogP) is 3.67. The highest BCUT2D eigenvalue weighted by molar-refractivity contribution is 6.31. The SMILES string of the molecule is N#Cc1ccc(Cn2ccc3cccc(CN)c32)c(Cl)c1. The monoisotopic (exact) mass is 295 g/mol. The molecule has 0 radical (unpaired) electrons. The Morgan fingerprint density at radius 1 is 1.14 bits per heavy atom. The van der Waals surface area contributed by atoms with Crippen LogP contribution in [0.25, 0.3) is 10.9 Å². The van der Waals surface area contributed by atoms with Crippen LogP contribution in [0.4, 0.5) is 0 Å². The van der Waals surface area contributed by atoms with Crippen LogP contribution in [-0.2, 0) is 13.1 Å². The quantitative estimate of drug-likeness (QED) is 0.801. The summed E-state index contributed by atoms with van der Waals surface area (Å²) in [6, 6.07) is 15.7. The van der Waals surface area contributed by atoms with E-state index in [4.69, 9.17) is 22.6 Å². The summed E-state index contributed by atoms with van der Waals surface area (Å²) in [5.74, 6) is 0. The van der Waals surface area contributed by atoms with E-state index >= 15 is 0 Å². The molecule has 0 aliphatic carbocycles. The largest absolute Gasteiger partial charge is 0.343 e.